The van der Waals surface area contributed by atoms with Gasteiger partial charge in [-0.05, 0) is 32.4 Å². The van der Waals surface area contributed by atoms with Crippen LogP contribution in [0.5, 0.6) is 0 Å². The Bertz CT molecular complexity index is 194. The molecule has 4 heteroatoms. The molecule has 0 aromatic carbocycles. The monoisotopic (exact) mass is 215 g/mol. The second-order valence-electron chi connectivity index (χ2n) is 4.62. The van der Waals surface area contributed by atoms with Crippen LogP contribution in [-0.4, -0.2) is 59.7 Å². The largest absolute Gasteiger partial charge is 0.390 e. The zero-order valence-corrected chi connectivity index (χ0v) is 9.14. The SMILES string of the molecule is OC1CCOC(CN2CCCCC2)C1O. The lowest BCUT2D eigenvalue weighted by atomic mass is 10.0. The summed E-state index contributed by atoms with van der Waals surface area (Å²) in [5.74, 6) is 0. The second-order valence-corrected chi connectivity index (χ2v) is 4.62. The minimum atomic E-state index is -0.708. The second kappa shape index (κ2) is 5.25. The van der Waals surface area contributed by atoms with Crippen molar-refractivity contribution in [2.75, 3.05) is 26.2 Å². The van der Waals surface area contributed by atoms with Gasteiger partial charge in [0.15, 0.2) is 0 Å². The molecule has 2 heterocycles. The lowest BCUT2D eigenvalue weighted by molar-refractivity contribution is -0.142. The van der Waals surface area contributed by atoms with Crippen LogP contribution in [0, 0.1) is 0 Å². The first kappa shape index (κ1) is 11.3. The van der Waals surface area contributed by atoms with E-state index in [1.54, 1.807) is 0 Å². The van der Waals surface area contributed by atoms with Crippen molar-refractivity contribution < 1.29 is 14.9 Å². The molecule has 2 rings (SSSR count). The summed E-state index contributed by atoms with van der Waals surface area (Å²) in [6.07, 6.45) is 2.84. The molecule has 15 heavy (non-hydrogen) atoms. The van der Waals surface area contributed by atoms with E-state index < -0.39 is 12.2 Å². The van der Waals surface area contributed by atoms with Crippen molar-refractivity contribution in [1.29, 1.82) is 0 Å². The molecule has 0 amide bonds. The van der Waals surface area contributed by atoms with Crippen LogP contribution >= 0.6 is 0 Å². The Labute approximate surface area is 90.8 Å². The third kappa shape index (κ3) is 2.91. The molecule has 0 aliphatic carbocycles. The Morgan fingerprint density at radius 3 is 2.60 bits per heavy atom. The first-order chi connectivity index (χ1) is 7.27. The van der Waals surface area contributed by atoms with Crippen LogP contribution in [0.25, 0.3) is 0 Å². The number of rotatable bonds is 2. The van der Waals surface area contributed by atoms with Crippen LogP contribution < -0.4 is 0 Å². The Kier molecular flexibility index (Phi) is 3.97. The highest BCUT2D eigenvalue weighted by molar-refractivity contribution is 4.83. The van der Waals surface area contributed by atoms with Crippen molar-refractivity contribution in [3.05, 3.63) is 0 Å². The topological polar surface area (TPSA) is 52.9 Å². The average Bonchev–Trinajstić information content (AvgIpc) is 2.26. The van der Waals surface area contributed by atoms with Gasteiger partial charge in [0, 0.05) is 13.2 Å². The minimum absolute atomic E-state index is 0.202. The zero-order valence-electron chi connectivity index (χ0n) is 9.14. The lowest BCUT2D eigenvalue weighted by Crippen LogP contribution is -2.50. The smallest absolute Gasteiger partial charge is 0.107 e. The quantitative estimate of drug-likeness (QED) is 0.680. The van der Waals surface area contributed by atoms with Crippen molar-refractivity contribution in [3.8, 4) is 0 Å². The van der Waals surface area contributed by atoms with E-state index in [2.05, 4.69) is 4.90 Å². The molecule has 88 valence electrons. The Balaban J connectivity index is 1.81. The molecule has 0 radical (unpaired) electrons. The molecule has 0 aromatic heterocycles. The third-order valence-electron chi connectivity index (χ3n) is 3.41. The predicted molar refractivity (Wildman–Crippen MR) is 56.7 cm³/mol. The van der Waals surface area contributed by atoms with Gasteiger partial charge in [-0.3, -0.25) is 0 Å². The van der Waals surface area contributed by atoms with Crippen molar-refractivity contribution in [3.63, 3.8) is 0 Å². The van der Waals surface area contributed by atoms with E-state index in [1.165, 1.54) is 19.3 Å². The molecule has 0 spiro atoms. The number of hydrogen-bond donors (Lipinski definition) is 2. The van der Waals surface area contributed by atoms with E-state index in [0.29, 0.717) is 13.0 Å². The summed E-state index contributed by atoms with van der Waals surface area (Å²) in [6.45, 7) is 3.53. The highest BCUT2D eigenvalue weighted by atomic mass is 16.5. The van der Waals surface area contributed by atoms with Crippen LogP contribution in [0.2, 0.25) is 0 Å². The molecular formula is C11H21NO3. The molecule has 2 aliphatic heterocycles. The van der Waals surface area contributed by atoms with Crippen molar-refractivity contribution >= 4 is 0 Å². The summed E-state index contributed by atoms with van der Waals surface area (Å²) in [4.78, 5) is 2.33. The molecule has 0 saturated carbocycles. The van der Waals surface area contributed by atoms with E-state index in [0.717, 1.165) is 19.6 Å². The molecule has 3 atom stereocenters. The Morgan fingerprint density at radius 1 is 1.13 bits per heavy atom. The summed E-state index contributed by atoms with van der Waals surface area (Å²) in [5, 5.41) is 19.3. The maximum Gasteiger partial charge on any atom is 0.107 e. The highest BCUT2D eigenvalue weighted by Crippen LogP contribution is 2.17. The fourth-order valence-electron chi connectivity index (χ4n) is 2.41. The Morgan fingerprint density at radius 2 is 1.87 bits per heavy atom. The van der Waals surface area contributed by atoms with E-state index in [4.69, 9.17) is 4.74 Å². The number of hydrogen-bond acceptors (Lipinski definition) is 4. The van der Waals surface area contributed by atoms with Gasteiger partial charge < -0.3 is 19.8 Å². The normalized spacial score (nSPS) is 39.2. The van der Waals surface area contributed by atoms with Gasteiger partial charge in [-0.15, -0.1) is 0 Å². The number of piperidine rings is 1. The third-order valence-corrected chi connectivity index (χ3v) is 3.41. The van der Waals surface area contributed by atoms with Crippen LogP contribution in [0.15, 0.2) is 0 Å². The highest BCUT2D eigenvalue weighted by Gasteiger charge is 2.32. The number of aliphatic hydroxyl groups is 2. The van der Waals surface area contributed by atoms with Gasteiger partial charge in [-0.2, -0.15) is 0 Å². The summed E-state index contributed by atoms with van der Waals surface area (Å²) in [5.41, 5.74) is 0. The van der Waals surface area contributed by atoms with Crippen LogP contribution in [0.4, 0.5) is 0 Å². The zero-order chi connectivity index (χ0) is 10.7. The summed E-state index contributed by atoms with van der Waals surface area (Å²) in [7, 11) is 0. The molecule has 0 bridgehead atoms. The van der Waals surface area contributed by atoms with Gasteiger partial charge >= 0.3 is 0 Å². The molecule has 2 saturated heterocycles. The van der Waals surface area contributed by atoms with Crippen molar-refractivity contribution in [2.45, 2.75) is 44.0 Å². The standard InChI is InChI=1S/C11H21NO3/c13-9-4-7-15-10(11(9)14)8-12-5-2-1-3-6-12/h9-11,13-14H,1-8H2. The summed E-state index contributed by atoms with van der Waals surface area (Å²) in [6, 6.07) is 0. The van der Waals surface area contributed by atoms with Crippen LogP contribution in [0.1, 0.15) is 25.7 Å². The number of nitrogens with zero attached hydrogens (tertiary/aromatic N) is 1. The van der Waals surface area contributed by atoms with Crippen LogP contribution in [0.3, 0.4) is 0 Å². The summed E-state index contributed by atoms with van der Waals surface area (Å²) < 4.78 is 5.51. The van der Waals surface area contributed by atoms with Gasteiger partial charge in [0.05, 0.1) is 12.2 Å². The summed E-state index contributed by atoms with van der Waals surface area (Å²) >= 11 is 0. The number of ether oxygens (including phenoxy) is 1. The Hall–Kier alpha value is -0.160. The van der Waals surface area contributed by atoms with Gasteiger partial charge in [-0.25, -0.2) is 0 Å². The van der Waals surface area contributed by atoms with E-state index in [9.17, 15) is 10.2 Å². The van der Waals surface area contributed by atoms with Gasteiger partial charge in [0.25, 0.3) is 0 Å². The fourth-order valence-corrected chi connectivity index (χ4v) is 2.41. The molecule has 2 aliphatic rings. The first-order valence-electron chi connectivity index (χ1n) is 5.97. The van der Waals surface area contributed by atoms with Crippen LogP contribution in [-0.2, 0) is 4.74 Å². The fraction of sp³-hybridized carbons (Fsp3) is 1.00. The van der Waals surface area contributed by atoms with E-state index in [-0.39, 0.29) is 6.10 Å². The predicted octanol–water partition coefficient (Wildman–Crippen LogP) is -0.0170. The number of likely N-dealkylation sites (tertiary alicyclic amines) is 1. The minimum Gasteiger partial charge on any atom is -0.390 e. The molecular weight excluding hydrogens is 194 g/mol. The maximum atomic E-state index is 9.77. The molecule has 2 fully saturated rings. The van der Waals surface area contributed by atoms with Gasteiger partial charge in [0.2, 0.25) is 0 Å². The molecule has 2 N–H and O–H groups in total. The molecule has 0 aromatic rings. The molecule has 4 nitrogen and oxygen atoms in total. The number of aliphatic hydroxyl groups excluding tert-OH is 2. The van der Waals surface area contributed by atoms with Crippen molar-refractivity contribution in [2.24, 2.45) is 0 Å². The van der Waals surface area contributed by atoms with Gasteiger partial charge in [0.1, 0.15) is 6.10 Å². The maximum absolute atomic E-state index is 9.77. The van der Waals surface area contributed by atoms with E-state index in [1.807, 2.05) is 0 Å². The van der Waals surface area contributed by atoms with E-state index >= 15 is 0 Å². The van der Waals surface area contributed by atoms with Crippen molar-refractivity contribution in [1.82, 2.24) is 4.90 Å². The van der Waals surface area contributed by atoms with Gasteiger partial charge in [-0.1, -0.05) is 6.42 Å². The average molecular weight is 215 g/mol. The lowest BCUT2D eigenvalue weighted by Gasteiger charge is -2.36. The first-order valence-corrected chi connectivity index (χ1v) is 5.97. The molecule has 3 unspecified atom stereocenters.